The summed E-state index contributed by atoms with van der Waals surface area (Å²) < 4.78 is 32.3. The van der Waals surface area contributed by atoms with Crippen LogP contribution >= 0.6 is 0 Å². The average Bonchev–Trinajstić information content (AvgIpc) is 2.50. The highest BCUT2D eigenvalue weighted by Gasteiger charge is 2.23. The molecular weight excluding hydrogens is 260 g/mol. The molecule has 0 fully saturated rings. The molecule has 0 aromatic heterocycles. The number of fused-ring (bicyclic) bond motifs is 1. The SMILES string of the molecule is Cc1cc(S(=O)(=O)O)c2c(C)ccc(C(C)C)cc1-2. The first-order valence-corrected chi connectivity index (χ1v) is 7.67. The summed E-state index contributed by atoms with van der Waals surface area (Å²) in [5.74, 6) is 0.360. The lowest BCUT2D eigenvalue weighted by Crippen LogP contribution is -1.98. The molecule has 4 heteroatoms. The molecule has 0 aromatic carbocycles. The van der Waals surface area contributed by atoms with Crippen molar-refractivity contribution in [3.8, 4) is 11.1 Å². The van der Waals surface area contributed by atoms with Crippen LogP contribution < -0.4 is 0 Å². The minimum absolute atomic E-state index is 0.00315. The summed E-state index contributed by atoms with van der Waals surface area (Å²) in [5.41, 5.74) is 4.37. The molecule has 0 unspecified atom stereocenters. The summed E-state index contributed by atoms with van der Waals surface area (Å²) >= 11 is 0. The molecule has 102 valence electrons. The largest absolute Gasteiger partial charge is 0.295 e. The molecule has 0 saturated heterocycles. The smallest absolute Gasteiger partial charge is 0.282 e. The number of aryl methyl sites for hydroxylation is 2. The molecule has 0 amide bonds. The normalized spacial score (nSPS) is 12.3. The van der Waals surface area contributed by atoms with Crippen molar-refractivity contribution in [2.45, 2.75) is 38.5 Å². The zero-order chi connectivity index (χ0) is 14.4. The minimum atomic E-state index is -4.19. The fraction of sp³-hybridized carbons (Fsp3) is 0.333. The molecule has 3 nitrogen and oxygen atoms in total. The monoisotopic (exact) mass is 278 g/mol. The Balaban J connectivity index is 2.86. The van der Waals surface area contributed by atoms with Crippen LogP contribution in [-0.2, 0) is 10.1 Å². The van der Waals surface area contributed by atoms with Gasteiger partial charge in [-0.1, -0.05) is 32.0 Å². The Labute approximate surface area is 114 Å². The molecule has 0 heterocycles. The van der Waals surface area contributed by atoms with Gasteiger partial charge in [-0.25, -0.2) is 0 Å². The predicted octanol–water partition coefficient (Wildman–Crippen LogP) is 3.78. The molecule has 0 bridgehead atoms. The standard InChI is InChI=1S/C15H18O3S/c1-9(2)12-6-5-10(3)15-13(8-12)11(4)7-14(15)19(16,17)18/h5-9H,1-4H3,(H,16,17,18). The zero-order valence-corrected chi connectivity index (χ0v) is 12.4. The van der Waals surface area contributed by atoms with E-state index in [4.69, 9.17) is 0 Å². The van der Waals surface area contributed by atoms with Gasteiger partial charge in [0.15, 0.2) is 0 Å². The summed E-state index contributed by atoms with van der Waals surface area (Å²) in [5, 5.41) is 0. The van der Waals surface area contributed by atoms with Crippen LogP contribution in [0, 0.1) is 13.8 Å². The first-order chi connectivity index (χ1) is 8.71. The maximum atomic E-state index is 11.5. The summed E-state index contributed by atoms with van der Waals surface area (Å²) in [6.45, 7) is 7.91. The second kappa shape index (κ2) is 4.62. The van der Waals surface area contributed by atoms with E-state index < -0.39 is 10.1 Å². The van der Waals surface area contributed by atoms with E-state index in [1.165, 1.54) is 6.07 Å². The molecule has 0 atom stereocenters. The molecule has 2 rings (SSSR count). The topological polar surface area (TPSA) is 54.4 Å². The Bertz CT molecular complexity index is 700. The summed E-state index contributed by atoms with van der Waals surface area (Å²) in [6.07, 6.45) is 0. The summed E-state index contributed by atoms with van der Waals surface area (Å²) in [4.78, 5) is 0.00315. The maximum Gasteiger partial charge on any atom is 0.295 e. The van der Waals surface area contributed by atoms with Crippen molar-refractivity contribution in [1.82, 2.24) is 0 Å². The van der Waals surface area contributed by atoms with Crippen LogP contribution in [-0.4, -0.2) is 13.0 Å². The first kappa shape index (κ1) is 14.0. The maximum absolute atomic E-state index is 11.5. The van der Waals surface area contributed by atoms with Crippen molar-refractivity contribution in [1.29, 1.82) is 0 Å². The minimum Gasteiger partial charge on any atom is -0.282 e. The second-order valence-corrected chi connectivity index (χ2v) is 6.66. The van der Waals surface area contributed by atoms with Gasteiger partial charge >= 0.3 is 0 Å². The third-order valence-electron chi connectivity index (χ3n) is 3.46. The lowest BCUT2D eigenvalue weighted by Gasteiger charge is -2.04. The lowest BCUT2D eigenvalue weighted by atomic mass is 10.0. The van der Waals surface area contributed by atoms with Crippen molar-refractivity contribution in [3.05, 3.63) is 41.0 Å². The highest BCUT2D eigenvalue weighted by Crippen LogP contribution is 2.38. The summed E-state index contributed by atoms with van der Waals surface area (Å²) in [7, 11) is -4.19. The predicted molar refractivity (Wildman–Crippen MR) is 76.4 cm³/mol. The second-order valence-electron chi connectivity index (χ2n) is 5.27. The Morgan fingerprint density at radius 2 is 1.68 bits per heavy atom. The van der Waals surface area contributed by atoms with Gasteiger partial charge in [0.25, 0.3) is 10.1 Å². The van der Waals surface area contributed by atoms with E-state index in [-0.39, 0.29) is 4.90 Å². The fourth-order valence-electron chi connectivity index (χ4n) is 2.35. The molecule has 0 aromatic rings. The Morgan fingerprint density at radius 1 is 1.05 bits per heavy atom. The Hall–Kier alpha value is -1.39. The van der Waals surface area contributed by atoms with E-state index in [9.17, 15) is 13.0 Å². The third-order valence-corrected chi connectivity index (χ3v) is 4.34. The molecule has 2 aliphatic carbocycles. The van der Waals surface area contributed by atoms with Crippen LogP contribution in [0.3, 0.4) is 0 Å². The van der Waals surface area contributed by atoms with Gasteiger partial charge in [0.1, 0.15) is 4.90 Å². The van der Waals surface area contributed by atoms with Crippen molar-refractivity contribution in [3.63, 3.8) is 0 Å². The van der Waals surface area contributed by atoms with Gasteiger partial charge < -0.3 is 0 Å². The number of hydrogen-bond donors (Lipinski definition) is 1. The van der Waals surface area contributed by atoms with Crippen LogP contribution in [0.5, 0.6) is 0 Å². The molecular formula is C15H18O3S. The van der Waals surface area contributed by atoms with Crippen LogP contribution in [0.2, 0.25) is 0 Å². The van der Waals surface area contributed by atoms with Crippen molar-refractivity contribution < 1.29 is 13.0 Å². The van der Waals surface area contributed by atoms with Crippen LogP contribution in [0.4, 0.5) is 0 Å². The van der Waals surface area contributed by atoms with Gasteiger partial charge in [-0.2, -0.15) is 8.42 Å². The van der Waals surface area contributed by atoms with E-state index in [0.717, 1.165) is 22.3 Å². The average molecular weight is 278 g/mol. The number of hydrogen-bond acceptors (Lipinski definition) is 2. The van der Waals surface area contributed by atoms with Crippen LogP contribution in [0.25, 0.3) is 11.1 Å². The van der Waals surface area contributed by atoms with Gasteiger partial charge in [-0.3, -0.25) is 4.55 Å². The van der Waals surface area contributed by atoms with Gasteiger partial charge in [0, 0.05) is 5.56 Å². The van der Waals surface area contributed by atoms with Gasteiger partial charge in [-0.15, -0.1) is 0 Å². The van der Waals surface area contributed by atoms with Crippen molar-refractivity contribution in [2.75, 3.05) is 0 Å². The van der Waals surface area contributed by atoms with Gasteiger partial charge in [-0.05, 0) is 48.1 Å². The number of rotatable bonds is 2. The molecule has 19 heavy (non-hydrogen) atoms. The van der Waals surface area contributed by atoms with Crippen molar-refractivity contribution >= 4 is 10.1 Å². The molecule has 0 saturated carbocycles. The van der Waals surface area contributed by atoms with Crippen LogP contribution in [0.1, 0.15) is 36.5 Å². The zero-order valence-electron chi connectivity index (χ0n) is 11.6. The fourth-order valence-corrected chi connectivity index (χ4v) is 3.21. The van der Waals surface area contributed by atoms with E-state index in [2.05, 4.69) is 13.8 Å². The molecule has 0 spiro atoms. The molecule has 0 radical (unpaired) electrons. The van der Waals surface area contributed by atoms with E-state index in [1.807, 2.05) is 32.0 Å². The summed E-state index contributed by atoms with van der Waals surface area (Å²) in [6, 6.07) is 7.47. The highest BCUT2D eigenvalue weighted by atomic mass is 32.2. The van der Waals surface area contributed by atoms with E-state index in [0.29, 0.717) is 11.5 Å². The van der Waals surface area contributed by atoms with Crippen LogP contribution in [0.15, 0.2) is 29.2 Å². The van der Waals surface area contributed by atoms with Gasteiger partial charge in [0.2, 0.25) is 0 Å². The third kappa shape index (κ3) is 2.51. The van der Waals surface area contributed by atoms with E-state index >= 15 is 0 Å². The Morgan fingerprint density at radius 3 is 2.21 bits per heavy atom. The quantitative estimate of drug-likeness (QED) is 0.851. The van der Waals surface area contributed by atoms with Gasteiger partial charge in [0.05, 0.1) is 0 Å². The molecule has 0 aliphatic heterocycles. The first-order valence-electron chi connectivity index (χ1n) is 6.23. The van der Waals surface area contributed by atoms with E-state index in [1.54, 1.807) is 0 Å². The molecule has 2 aliphatic rings. The molecule has 1 N–H and O–H groups in total. The van der Waals surface area contributed by atoms with Crippen molar-refractivity contribution in [2.24, 2.45) is 0 Å². The highest BCUT2D eigenvalue weighted by molar-refractivity contribution is 7.86. The Kier molecular flexibility index (Phi) is 3.41. The lowest BCUT2D eigenvalue weighted by molar-refractivity contribution is 0.483.